The van der Waals surface area contributed by atoms with Crippen LogP contribution in [0.15, 0.2) is 54.6 Å². The molecular weight excluding hydrogens is 463 g/mol. The fraction of sp³-hybridized carbons (Fsp3) is 0.200. The van der Waals surface area contributed by atoms with Gasteiger partial charge >= 0.3 is 5.97 Å². The molecule has 3 rings (SSSR count). The number of aliphatic carboxylic acids is 1. The van der Waals surface area contributed by atoms with Crippen molar-refractivity contribution in [3.8, 4) is 6.07 Å². The van der Waals surface area contributed by atoms with E-state index in [4.69, 9.17) is 23.2 Å². The molecule has 0 saturated carbocycles. The monoisotopic (exact) mass is 482 g/mol. The highest BCUT2D eigenvalue weighted by molar-refractivity contribution is 6.42. The van der Waals surface area contributed by atoms with Crippen molar-refractivity contribution in [2.45, 2.75) is 18.8 Å². The molecule has 168 valence electrons. The lowest BCUT2D eigenvalue weighted by atomic mass is 9.94. The highest BCUT2D eigenvalue weighted by Gasteiger charge is 2.24. The van der Waals surface area contributed by atoms with Gasteiger partial charge in [-0.3, -0.25) is 9.59 Å². The van der Waals surface area contributed by atoms with Crippen LogP contribution in [0.5, 0.6) is 0 Å². The summed E-state index contributed by atoms with van der Waals surface area (Å²) in [6.07, 6.45) is 0.587. The molecule has 0 aliphatic carbocycles. The summed E-state index contributed by atoms with van der Waals surface area (Å²) < 4.78 is 0. The Morgan fingerprint density at radius 2 is 1.85 bits per heavy atom. The molecule has 8 heteroatoms. The van der Waals surface area contributed by atoms with Crippen molar-refractivity contribution in [3.05, 3.63) is 81.3 Å². The van der Waals surface area contributed by atoms with Gasteiger partial charge in [0.05, 0.1) is 28.1 Å². The van der Waals surface area contributed by atoms with Crippen LogP contribution in [0, 0.1) is 11.3 Å². The number of carboxylic acids is 1. The maximum atomic E-state index is 13.6. The molecule has 0 heterocycles. The van der Waals surface area contributed by atoms with E-state index in [1.165, 1.54) is 11.0 Å². The molecule has 0 aliphatic rings. The molecule has 0 fully saturated rings. The van der Waals surface area contributed by atoms with E-state index in [1.807, 2.05) is 6.07 Å². The molecule has 0 spiro atoms. The van der Waals surface area contributed by atoms with Crippen LogP contribution in [0.25, 0.3) is 10.8 Å². The van der Waals surface area contributed by atoms with E-state index in [1.54, 1.807) is 42.5 Å². The zero-order valence-electron chi connectivity index (χ0n) is 17.5. The number of carbonyl (C=O) groups excluding carboxylic acids is 2. The lowest BCUT2D eigenvalue weighted by Crippen LogP contribution is -2.36. The second-order valence-corrected chi connectivity index (χ2v) is 8.34. The third-order valence-corrected chi connectivity index (χ3v) is 6.08. The molecule has 0 saturated heterocycles. The van der Waals surface area contributed by atoms with Crippen LogP contribution in [-0.2, 0) is 9.59 Å². The molecule has 1 atom stereocenters. The Balaban J connectivity index is 2.03. The lowest BCUT2D eigenvalue weighted by molar-refractivity contribution is -0.137. The summed E-state index contributed by atoms with van der Waals surface area (Å²) in [7, 11) is 0. The first kappa shape index (κ1) is 24.2. The van der Waals surface area contributed by atoms with Gasteiger partial charge in [-0.15, -0.1) is 0 Å². The predicted molar refractivity (Wildman–Crippen MR) is 127 cm³/mol. The zero-order chi connectivity index (χ0) is 24.0. The molecular formula is C25H20Cl2N2O4. The highest BCUT2D eigenvalue weighted by Crippen LogP contribution is 2.29. The number of carboxylic acid groups (broad SMARTS) is 1. The van der Waals surface area contributed by atoms with Gasteiger partial charge in [-0.25, -0.2) is 0 Å². The SMILES string of the molecule is N#Cc1cc(C(=O)N(CCC(=O)O)CC(CC=O)c2ccc(Cl)c(Cl)c2)c2ccccc2c1. The topological polar surface area (TPSA) is 98.5 Å². The van der Waals surface area contributed by atoms with E-state index in [9.17, 15) is 24.8 Å². The fourth-order valence-corrected chi connectivity index (χ4v) is 4.00. The van der Waals surface area contributed by atoms with Crippen LogP contribution in [0.3, 0.4) is 0 Å². The van der Waals surface area contributed by atoms with Gasteiger partial charge in [0.2, 0.25) is 0 Å². The summed E-state index contributed by atoms with van der Waals surface area (Å²) >= 11 is 12.2. The Morgan fingerprint density at radius 1 is 1.09 bits per heavy atom. The van der Waals surface area contributed by atoms with E-state index < -0.39 is 17.8 Å². The van der Waals surface area contributed by atoms with Gasteiger partial charge in [0, 0.05) is 31.0 Å². The first-order valence-electron chi connectivity index (χ1n) is 10.2. The van der Waals surface area contributed by atoms with Crippen molar-refractivity contribution in [1.82, 2.24) is 4.90 Å². The van der Waals surface area contributed by atoms with E-state index in [-0.39, 0.29) is 25.9 Å². The van der Waals surface area contributed by atoms with E-state index >= 15 is 0 Å². The summed E-state index contributed by atoms with van der Waals surface area (Å²) in [5.74, 6) is -1.88. The summed E-state index contributed by atoms with van der Waals surface area (Å²) in [6, 6.07) is 17.4. The number of benzene rings is 3. The van der Waals surface area contributed by atoms with Crippen molar-refractivity contribution in [1.29, 1.82) is 5.26 Å². The minimum atomic E-state index is -1.05. The van der Waals surface area contributed by atoms with Crippen molar-refractivity contribution < 1.29 is 19.5 Å². The van der Waals surface area contributed by atoms with Gasteiger partial charge in [0.1, 0.15) is 6.29 Å². The van der Waals surface area contributed by atoms with Crippen molar-refractivity contribution in [2.75, 3.05) is 13.1 Å². The average Bonchev–Trinajstić information content (AvgIpc) is 2.81. The number of nitriles is 1. The third kappa shape index (κ3) is 5.89. The molecule has 1 unspecified atom stereocenters. The first-order valence-corrected chi connectivity index (χ1v) is 10.9. The molecule has 3 aromatic rings. The molecule has 1 N–H and O–H groups in total. The van der Waals surface area contributed by atoms with E-state index in [0.29, 0.717) is 32.1 Å². The second-order valence-electron chi connectivity index (χ2n) is 7.52. The van der Waals surface area contributed by atoms with Crippen molar-refractivity contribution in [2.24, 2.45) is 0 Å². The number of rotatable bonds is 9. The van der Waals surface area contributed by atoms with Gasteiger partial charge in [0.25, 0.3) is 5.91 Å². The Labute approximate surface area is 200 Å². The smallest absolute Gasteiger partial charge is 0.305 e. The quantitative estimate of drug-likeness (QED) is 0.416. The van der Waals surface area contributed by atoms with Crippen molar-refractivity contribution in [3.63, 3.8) is 0 Å². The van der Waals surface area contributed by atoms with Crippen LogP contribution in [0.4, 0.5) is 0 Å². The minimum absolute atomic E-state index is 0.0596. The first-order chi connectivity index (χ1) is 15.8. The van der Waals surface area contributed by atoms with Gasteiger partial charge in [0.15, 0.2) is 0 Å². The van der Waals surface area contributed by atoms with Crippen LogP contribution in [-0.4, -0.2) is 41.3 Å². The molecule has 6 nitrogen and oxygen atoms in total. The number of halogens is 2. The number of fused-ring (bicyclic) bond motifs is 1. The van der Waals surface area contributed by atoms with Crippen molar-refractivity contribution >= 4 is 52.1 Å². The highest BCUT2D eigenvalue weighted by atomic mass is 35.5. The lowest BCUT2D eigenvalue weighted by Gasteiger charge is -2.28. The Bertz CT molecular complexity index is 1250. The average molecular weight is 483 g/mol. The second kappa shape index (κ2) is 11.0. The van der Waals surface area contributed by atoms with Crippen LogP contribution < -0.4 is 0 Å². The standard InChI is InChI=1S/C25H20Cl2N2O4/c26-22-6-5-17(13-23(22)27)19(8-10-30)15-29(9-7-24(31)32)25(33)21-12-16(14-28)11-18-3-1-2-4-20(18)21/h1-6,10-13,19H,7-9,15H2,(H,31,32). The summed E-state index contributed by atoms with van der Waals surface area (Å²) in [6.45, 7) is 0.0316. The molecule has 1 amide bonds. The number of hydrogen-bond donors (Lipinski definition) is 1. The minimum Gasteiger partial charge on any atom is -0.481 e. The normalized spacial score (nSPS) is 11.5. The molecule has 3 aromatic carbocycles. The van der Waals surface area contributed by atoms with Gasteiger partial charge < -0.3 is 14.8 Å². The number of carbonyl (C=O) groups is 3. The Morgan fingerprint density at radius 3 is 2.52 bits per heavy atom. The maximum absolute atomic E-state index is 13.6. The maximum Gasteiger partial charge on any atom is 0.305 e. The third-order valence-electron chi connectivity index (χ3n) is 5.34. The van der Waals surface area contributed by atoms with Crippen LogP contribution in [0.2, 0.25) is 10.0 Å². The Hall–Kier alpha value is -3.40. The number of nitrogens with zero attached hydrogens (tertiary/aromatic N) is 2. The number of hydrogen-bond acceptors (Lipinski definition) is 4. The zero-order valence-corrected chi connectivity index (χ0v) is 19.0. The fourth-order valence-electron chi connectivity index (χ4n) is 3.69. The summed E-state index contributed by atoms with van der Waals surface area (Å²) in [5, 5.41) is 20.7. The molecule has 0 aliphatic heterocycles. The number of amides is 1. The summed E-state index contributed by atoms with van der Waals surface area (Å²) in [5.41, 5.74) is 1.33. The van der Waals surface area contributed by atoms with Gasteiger partial charge in [-0.05, 0) is 40.6 Å². The Kier molecular flexibility index (Phi) is 8.05. The summed E-state index contributed by atoms with van der Waals surface area (Å²) in [4.78, 5) is 37.7. The molecule has 0 bridgehead atoms. The van der Waals surface area contributed by atoms with Gasteiger partial charge in [-0.1, -0.05) is 53.5 Å². The predicted octanol–water partition coefficient (Wildman–Crippen LogP) is 5.31. The number of aldehydes is 1. The largest absolute Gasteiger partial charge is 0.481 e. The molecule has 0 radical (unpaired) electrons. The molecule has 0 aromatic heterocycles. The van der Waals surface area contributed by atoms with Crippen LogP contribution >= 0.6 is 23.2 Å². The van der Waals surface area contributed by atoms with E-state index in [0.717, 1.165) is 11.7 Å². The van der Waals surface area contributed by atoms with E-state index in [2.05, 4.69) is 6.07 Å². The van der Waals surface area contributed by atoms with Crippen LogP contribution in [0.1, 0.15) is 40.2 Å². The van der Waals surface area contributed by atoms with Gasteiger partial charge in [-0.2, -0.15) is 5.26 Å². The molecule has 33 heavy (non-hydrogen) atoms.